The molecule has 0 aliphatic heterocycles. The zero-order chi connectivity index (χ0) is 27.8. The predicted molar refractivity (Wildman–Crippen MR) is 133 cm³/mol. The molecule has 2 rings (SSSR count). The Morgan fingerprint density at radius 3 is 1.95 bits per heavy atom. The van der Waals surface area contributed by atoms with Crippen LogP contribution in [0.3, 0.4) is 0 Å². The van der Waals surface area contributed by atoms with Crippen molar-refractivity contribution in [1.82, 2.24) is 5.32 Å². The van der Waals surface area contributed by atoms with E-state index in [-0.39, 0.29) is 18.0 Å². The zero-order valence-corrected chi connectivity index (χ0v) is 21.6. The molecule has 0 fully saturated rings. The highest BCUT2D eigenvalue weighted by Crippen LogP contribution is 2.24. The summed E-state index contributed by atoms with van der Waals surface area (Å²) in [6.07, 6.45) is -4.91. The third-order valence-electron chi connectivity index (χ3n) is 4.26. The summed E-state index contributed by atoms with van der Waals surface area (Å²) in [6, 6.07) is 14.1. The number of anilines is 1. The van der Waals surface area contributed by atoms with Gasteiger partial charge in [-0.25, -0.2) is 24.1 Å². The molecule has 0 radical (unpaired) electrons. The summed E-state index contributed by atoms with van der Waals surface area (Å²) in [7, 11) is 0. The number of nitrogens with zero attached hydrogens (tertiary/aromatic N) is 1. The normalized spacial score (nSPS) is 12.1. The highest BCUT2D eigenvalue weighted by molar-refractivity contribution is 5.96. The van der Waals surface area contributed by atoms with Crippen LogP contribution in [-0.2, 0) is 25.6 Å². The minimum atomic E-state index is -1.88. The van der Waals surface area contributed by atoms with Crippen LogP contribution in [0.2, 0.25) is 0 Å². The summed E-state index contributed by atoms with van der Waals surface area (Å²) in [5.41, 5.74) is -0.998. The topological polar surface area (TPSA) is 141 Å². The van der Waals surface area contributed by atoms with Crippen LogP contribution in [0.15, 0.2) is 54.6 Å². The van der Waals surface area contributed by atoms with Crippen molar-refractivity contribution < 1.29 is 43.2 Å². The molecule has 0 saturated carbocycles. The van der Waals surface area contributed by atoms with Crippen molar-refractivity contribution in [3.8, 4) is 5.75 Å². The number of benzene rings is 2. The van der Waals surface area contributed by atoms with Crippen molar-refractivity contribution in [2.24, 2.45) is 0 Å². The van der Waals surface area contributed by atoms with Gasteiger partial charge in [0.15, 0.2) is 0 Å². The maximum absolute atomic E-state index is 13.0. The number of alkyl carbamates (subject to hydrolysis) is 1. The first kappa shape index (κ1) is 29.0. The van der Waals surface area contributed by atoms with Gasteiger partial charge in [-0.1, -0.05) is 30.3 Å². The molecule has 0 bridgehead atoms. The van der Waals surface area contributed by atoms with E-state index in [4.69, 9.17) is 18.9 Å². The van der Waals surface area contributed by atoms with E-state index < -0.39 is 41.7 Å². The molecule has 37 heavy (non-hydrogen) atoms. The summed E-state index contributed by atoms with van der Waals surface area (Å²) in [5.74, 6) is -1.46. The first-order valence-electron chi connectivity index (χ1n) is 11.4. The number of hydrogen-bond acceptors (Lipinski definition) is 8. The minimum Gasteiger partial charge on any atom is -0.478 e. The largest absolute Gasteiger partial charge is 0.514 e. The molecule has 0 spiro atoms. The molecule has 0 heterocycles. The molecule has 0 aliphatic carbocycles. The van der Waals surface area contributed by atoms with Crippen LogP contribution in [0.5, 0.6) is 5.75 Å². The van der Waals surface area contributed by atoms with Gasteiger partial charge in [-0.3, -0.25) is 5.32 Å². The Labute approximate surface area is 215 Å². The smallest absolute Gasteiger partial charge is 0.478 e. The van der Waals surface area contributed by atoms with E-state index >= 15 is 0 Å². The second-order valence-corrected chi connectivity index (χ2v) is 9.86. The number of nitrogens with one attached hydrogen (secondary N) is 1. The lowest BCUT2D eigenvalue weighted by atomic mass is 10.2. The molecule has 1 unspecified atom stereocenters. The highest BCUT2D eigenvalue weighted by Gasteiger charge is 2.36. The fourth-order valence-electron chi connectivity index (χ4n) is 2.83. The standard InChI is InChI=1S/C26H32N2O9/c1-25(2,3)36-23(32)28(18-12-14-19(15-13-18)35-24(33)37-26(4,5)6)20(21(29)30)27-22(31)34-16-17-10-8-7-9-11-17/h7-15,20H,16H2,1-6H3,(H,27,31)(H,29,30). The van der Waals surface area contributed by atoms with Crippen LogP contribution in [0, 0.1) is 0 Å². The number of ether oxygens (including phenoxy) is 4. The molecule has 2 aromatic rings. The fourth-order valence-corrected chi connectivity index (χ4v) is 2.83. The van der Waals surface area contributed by atoms with E-state index in [0.717, 1.165) is 4.90 Å². The van der Waals surface area contributed by atoms with Gasteiger partial charge >= 0.3 is 24.3 Å². The molecule has 2 aromatic carbocycles. The van der Waals surface area contributed by atoms with Crippen LogP contribution < -0.4 is 15.0 Å². The van der Waals surface area contributed by atoms with Gasteiger partial charge in [-0.2, -0.15) is 0 Å². The van der Waals surface area contributed by atoms with Crippen molar-refractivity contribution >= 4 is 30.0 Å². The summed E-state index contributed by atoms with van der Waals surface area (Å²) in [5, 5.41) is 12.0. The first-order chi connectivity index (χ1) is 17.1. The number of hydrogen-bond donors (Lipinski definition) is 2. The van der Waals surface area contributed by atoms with E-state index in [2.05, 4.69) is 5.32 Å². The molecular formula is C26H32N2O9. The molecule has 2 N–H and O–H groups in total. The molecule has 200 valence electrons. The van der Waals surface area contributed by atoms with E-state index in [1.54, 1.807) is 71.9 Å². The maximum Gasteiger partial charge on any atom is 0.514 e. The lowest BCUT2D eigenvalue weighted by Gasteiger charge is -2.31. The SMILES string of the molecule is CC(C)(C)OC(=O)Oc1ccc(N(C(=O)OC(C)(C)C)C(NC(=O)OCc2ccccc2)C(=O)O)cc1. The van der Waals surface area contributed by atoms with Gasteiger partial charge in [0.25, 0.3) is 0 Å². The van der Waals surface area contributed by atoms with Crippen LogP contribution in [0.4, 0.5) is 20.1 Å². The molecule has 0 aliphatic rings. The Balaban J connectivity index is 2.26. The van der Waals surface area contributed by atoms with Crippen LogP contribution in [0.25, 0.3) is 0 Å². The van der Waals surface area contributed by atoms with Crippen LogP contribution in [0.1, 0.15) is 47.1 Å². The van der Waals surface area contributed by atoms with Gasteiger partial charge in [-0.15, -0.1) is 0 Å². The fraction of sp³-hybridized carbons (Fsp3) is 0.385. The average Bonchev–Trinajstić information content (AvgIpc) is 2.76. The van der Waals surface area contributed by atoms with Crippen molar-refractivity contribution in [3.63, 3.8) is 0 Å². The third-order valence-corrected chi connectivity index (χ3v) is 4.26. The molecule has 11 heteroatoms. The lowest BCUT2D eigenvalue weighted by molar-refractivity contribution is -0.139. The van der Waals surface area contributed by atoms with Gasteiger partial charge in [0.2, 0.25) is 6.17 Å². The molecule has 0 aromatic heterocycles. The molecule has 1 atom stereocenters. The number of aliphatic carboxylic acids is 1. The van der Waals surface area contributed by atoms with E-state index in [1.165, 1.54) is 24.3 Å². The van der Waals surface area contributed by atoms with Crippen molar-refractivity contribution in [2.75, 3.05) is 4.90 Å². The minimum absolute atomic E-state index is 0.0431. The second-order valence-electron chi connectivity index (χ2n) is 9.86. The lowest BCUT2D eigenvalue weighted by Crippen LogP contribution is -2.56. The summed E-state index contributed by atoms with van der Waals surface area (Å²) in [4.78, 5) is 50.3. The number of carboxylic acid groups (broad SMARTS) is 1. The van der Waals surface area contributed by atoms with Crippen molar-refractivity contribution in [1.29, 1.82) is 0 Å². The number of carboxylic acids is 1. The first-order valence-corrected chi connectivity index (χ1v) is 11.4. The summed E-state index contributed by atoms with van der Waals surface area (Å²) < 4.78 is 20.7. The Morgan fingerprint density at radius 2 is 1.43 bits per heavy atom. The van der Waals surface area contributed by atoms with Crippen molar-refractivity contribution in [3.05, 3.63) is 60.2 Å². The Kier molecular flexibility index (Phi) is 9.48. The van der Waals surface area contributed by atoms with Gasteiger partial charge < -0.3 is 24.1 Å². The van der Waals surface area contributed by atoms with E-state index in [0.29, 0.717) is 5.56 Å². The monoisotopic (exact) mass is 516 g/mol. The van der Waals surface area contributed by atoms with Crippen LogP contribution in [-0.4, -0.2) is 46.8 Å². The number of carbonyl (C=O) groups is 4. The zero-order valence-electron chi connectivity index (χ0n) is 21.6. The van der Waals surface area contributed by atoms with E-state index in [9.17, 15) is 24.3 Å². The molecule has 11 nitrogen and oxygen atoms in total. The third kappa shape index (κ3) is 10.1. The number of amides is 2. The summed E-state index contributed by atoms with van der Waals surface area (Å²) >= 11 is 0. The maximum atomic E-state index is 13.0. The van der Waals surface area contributed by atoms with Gasteiger partial charge in [0, 0.05) is 0 Å². The number of carbonyl (C=O) groups excluding carboxylic acids is 3. The van der Waals surface area contributed by atoms with Gasteiger partial charge in [0.05, 0.1) is 5.69 Å². The predicted octanol–water partition coefficient (Wildman–Crippen LogP) is 5.08. The molecule has 0 saturated heterocycles. The van der Waals surface area contributed by atoms with Crippen molar-refractivity contribution in [2.45, 2.75) is 65.5 Å². The average molecular weight is 517 g/mol. The quantitative estimate of drug-likeness (QED) is 0.223. The van der Waals surface area contributed by atoms with Crippen LogP contribution >= 0.6 is 0 Å². The highest BCUT2D eigenvalue weighted by atomic mass is 16.7. The second kappa shape index (κ2) is 12.1. The molecular weight excluding hydrogens is 484 g/mol. The number of rotatable bonds is 7. The van der Waals surface area contributed by atoms with Gasteiger partial charge in [-0.05, 0) is 71.4 Å². The Bertz CT molecular complexity index is 1090. The van der Waals surface area contributed by atoms with Gasteiger partial charge in [0.1, 0.15) is 23.6 Å². The van der Waals surface area contributed by atoms with E-state index in [1.807, 2.05) is 0 Å². The Hall–Kier alpha value is -4.28. The Morgan fingerprint density at radius 1 is 0.865 bits per heavy atom. The molecule has 2 amide bonds. The summed E-state index contributed by atoms with van der Waals surface area (Å²) in [6.45, 7) is 9.76.